The predicted molar refractivity (Wildman–Crippen MR) is 88.4 cm³/mol. The molecule has 1 aromatic heterocycles. The molecule has 0 radical (unpaired) electrons. The van der Waals surface area contributed by atoms with Crippen LogP contribution in [0.1, 0.15) is 22.2 Å². The fraction of sp³-hybridized carbons (Fsp3) is 0.294. The minimum absolute atomic E-state index is 0.0434. The number of carbonyl (C=O) groups excluding carboxylic acids is 2. The van der Waals surface area contributed by atoms with Crippen LogP contribution >= 0.6 is 0 Å². The third-order valence-corrected chi connectivity index (χ3v) is 3.79. The number of benzene rings is 1. The number of nitrogen functional groups attached to an aromatic ring is 1. The number of hydrogen-bond donors (Lipinski definition) is 1. The number of anilines is 1. The fourth-order valence-corrected chi connectivity index (χ4v) is 2.51. The van der Waals surface area contributed by atoms with Gasteiger partial charge in [-0.15, -0.1) is 0 Å². The maximum atomic E-state index is 12.9. The number of esters is 1. The van der Waals surface area contributed by atoms with Crippen molar-refractivity contribution in [2.24, 2.45) is 0 Å². The summed E-state index contributed by atoms with van der Waals surface area (Å²) >= 11 is 0. The van der Waals surface area contributed by atoms with Crippen LogP contribution in [0.2, 0.25) is 0 Å². The van der Waals surface area contributed by atoms with Gasteiger partial charge in [0.2, 0.25) is 6.10 Å². The molecule has 8 heteroatoms. The molecule has 130 valence electrons. The lowest BCUT2D eigenvalue weighted by molar-refractivity contribution is -0.145. The first-order valence-electron chi connectivity index (χ1n) is 7.86. The molecule has 0 saturated carbocycles. The molecule has 2 N–H and O–H groups in total. The van der Waals surface area contributed by atoms with E-state index in [9.17, 15) is 9.59 Å². The van der Waals surface area contributed by atoms with Crippen molar-refractivity contribution in [3.05, 3.63) is 54.0 Å². The Bertz CT molecular complexity index is 747. The highest BCUT2D eigenvalue weighted by atomic mass is 16.5. The Morgan fingerprint density at radius 3 is 2.48 bits per heavy atom. The maximum absolute atomic E-state index is 12.9. The first kappa shape index (κ1) is 16.8. The van der Waals surface area contributed by atoms with Crippen LogP contribution in [-0.4, -0.2) is 53.0 Å². The lowest BCUT2D eigenvalue weighted by Gasteiger charge is -2.30. The summed E-state index contributed by atoms with van der Waals surface area (Å²) in [6.45, 7) is 1.82. The smallest absolute Gasteiger partial charge is 0.361 e. The molecule has 25 heavy (non-hydrogen) atoms. The third-order valence-electron chi connectivity index (χ3n) is 3.79. The summed E-state index contributed by atoms with van der Waals surface area (Å²) in [5.74, 6) is -1.13. The van der Waals surface area contributed by atoms with E-state index in [-0.39, 0.29) is 17.4 Å². The van der Waals surface area contributed by atoms with Crippen molar-refractivity contribution in [2.75, 3.05) is 32.0 Å². The quantitative estimate of drug-likeness (QED) is 0.819. The highest BCUT2D eigenvalue weighted by Crippen LogP contribution is 2.23. The molecule has 2 aromatic rings. The van der Waals surface area contributed by atoms with Gasteiger partial charge in [0, 0.05) is 31.0 Å². The van der Waals surface area contributed by atoms with Crippen molar-refractivity contribution in [3.8, 4) is 0 Å². The van der Waals surface area contributed by atoms with Gasteiger partial charge < -0.3 is 20.1 Å². The number of aromatic nitrogens is 2. The average Bonchev–Trinajstić information content (AvgIpc) is 2.67. The Morgan fingerprint density at radius 1 is 1.12 bits per heavy atom. The second kappa shape index (κ2) is 7.71. The molecule has 0 aliphatic carbocycles. The van der Waals surface area contributed by atoms with E-state index < -0.39 is 12.1 Å². The van der Waals surface area contributed by atoms with Crippen LogP contribution in [0.5, 0.6) is 0 Å². The van der Waals surface area contributed by atoms with E-state index >= 15 is 0 Å². The fourth-order valence-electron chi connectivity index (χ4n) is 2.51. The Hall–Kier alpha value is -3.00. The van der Waals surface area contributed by atoms with Crippen molar-refractivity contribution in [3.63, 3.8) is 0 Å². The minimum atomic E-state index is -1.08. The van der Waals surface area contributed by atoms with Gasteiger partial charge >= 0.3 is 5.97 Å². The van der Waals surface area contributed by atoms with Gasteiger partial charge in [0.1, 0.15) is 0 Å². The molecule has 8 nitrogen and oxygen atoms in total. The molecule has 1 fully saturated rings. The van der Waals surface area contributed by atoms with Gasteiger partial charge in [0.25, 0.3) is 5.91 Å². The van der Waals surface area contributed by atoms with E-state index in [1.54, 1.807) is 29.2 Å². The Kier molecular flexibility index (Phi) is 5.20. The molecule has 0 unspecified atom stereocenters. The van der Waals surface area contributed by atoms with Crippen LogP contribution in [0, 0.1) is 0 Å². The molecular formula is C17H18N4O4. The summed E-state index contributed by atoms with van der Waals surface area (Å²) in [7, 11) is 0. The molecule has 1 aromatic carbocycles. The highest BCUT2D eigenvalue weighted by Gasteiger charge is 2.31. The number of amides is 1. The number of carbonyl (C=O) groups is 2. The SMILES string of the molecule is Nc1nccnc1C(=O)O[C@H](C(=O)N1CCOCC1)c1ccccc1. The third kappa shape index (κ3) is 3.92. The van der Waals surface area contributed by atoms with E-state index in [1.165, 1.54) is 12.4 Å². The van der Waals surface area contributed by atoms with Crippen molar-refractivity contribution in [1.29, 1.82) is 0 Å². The molecule has 2 heterocycles. The monoisotopic (exact) mass is 342 g/mol. The first-order valence-corrected chi connectivity index (χ1v) is 7.86. The molecule has 1 amide bonds. The molecule has 1 aliphatic heterocycles. The Morgan fingerprint density at radius 2 is 1.80 bits per heavy atom. The predicted octanol–water partition coefficient (Wildman–Crippen LogP) is 0.816. The van der Waals surface area contributed by atoms with Crippen molar-refractivity contribution < 1.29 is 19.1 Å². The molecule has 1 aliphatic rings. The van der Waals surface area contributed by atoms with Crippen LogP contribution in [0.15, 0.2) is 42.7 Å². The second-order valence-corrected chi connectivity index (χ2v) is 5.42. The van der Waals surface area contributed by atoms with Gasteiger partial charge in [0.15, 0.2) is 11.5 Å². The zero-order chi connectivity index (χ0) is 17.6. The molecule has 0 bridgehead atoms. The summed E-state index contributed by atoms with van der Waals surface area (Å²) in [4.78, 5) is 34.6. The summed E-state index contributed by atoms with van der Waals surface area (Å²) in [6, 6.07) is 8.84. The van der Waals surface area contributed by atoms with Gasteiger partial charge in [-0.2, -0.15) is 0 Å². The number of nitrogens with zero attached hydrogens (tertiary/aromatic N) is 3. The average molecular weight is 342 g/mol. The second-order valence-electron chi connectivity index (χ2n) is 5.42. The van der Waals surface area contributed by atoms with E-state index in [4.69, 9.17) is 15.2 Å². The van der Waals surface area contributed by atoms with Crippen molar-refractivity contribution >= 4 is 17.7 Å². The van der Waals surface area contributed by atoms with Crippen LogP contribution in [0.25, 0.3) is 0 Å². The molecular weight excluding hydrogens is 324 g/mol. The van der Waals surface area contributed by atoms with Crippen molar-refractivity contribution in [1.82, 2.24) is 14.9 Å². The highest BCUT2D eigenvalue weighted by molar-refractivity contribution is 5.94. The van der Waals surface area contributed by atoms with Gasteiger partial charge in [-0.05, 0) is 0 Å². The normalized spacial score (nSPS) is 15.4. The molecule has 1 atom stereocenters. The molecule has 1 saturated heterocycles. The molecule has 3 rings (SSSR count). The minimum Gasteiger partial charge on any atom is -0.442 e. The topological polar surface area (TPSA) is 108 Å². The summed E-state index contributed by atoms with van der Waals surface area (Å²) in [5, 5.41) is 0. The van der Waals surface area contributed by atoms with E-state index in [0.717, 1.165) is 0 Å². The van der Waals surface area contributed by atoms with Gasteiger partial charge in [-0.1, -0.05) is 30.3 Å². The molecule has 0 spiro atoms. The van der Waals surface area contributed by atoms with Gasteiger partial charge in [-0.25, -0.2) is 14.8 Å². The number of nitrogens with two attached hydrogens (primary N) is 1. The first-order chi connectivity index (χ1) is 12.2. The lowest BCUT2D eigenvalue weighted by atomic mass is 10.1. The van der Waals surface area contributed by atoms with Crippen LogP contribution in [-0.2, 0) is 14.3 Å². The van der Waals surface area contributed by atoms with Crippen LogP contribution in [0.4, 0.5) is 5.82 Å². The van der Waals surface area contributed by atoms with E-state index in [0.29, 0.717) is 31.9 Å². The van der Waals surface area contributed by atoms with E-state index in [2.05, 4.69) is 9.97 Å². The summed E-state index contributed by atoms with van der Waals surface area (Å²) in [6.07, 6.45) is 1.64. The summed E-state index contributed by atoms with van der Waals surface area (Å²) < 4.78 is 10.7. The zero-order valence-corrected chi connectivity index (χ0v) is 13.5. The Balaban J connectivity index is 1.85. The lowest BCUT2D eigenvalue weighted by Crippen LogP contribution is -2.44. The van der Waals surface area contributed by atoms with E-state index in [1.807, 2.05) is 6.07 Å². The number of rotatable bonds is 4. The van der Waals surface area contributed by atoms with Crippen LogP contribution in [0.3, 0.4) is 0 Å². The number of morpholine rings is 1. The van der Waals surface area contributed by atoms with Crippen molar-refractivity contribution in [2.45, 2.75) is 6.10 Å². The zero-order valence-electron chi connectivity index (χ0n) is 13.5. The van der Waals surface area contributed by atoms with Crippen LogP contribution < -0.4 is 5.73 Å². The van der Waals surface area contributed by atoms with Gasteiger partial charge in [0.05, 0.1) is 13.2 Å². The standard InChI is InChI=1S/C17H18N4O4/c18-15-13(19-6-7-20-15)17(23)25-14(12-4-2-1-3-5-12)16(22)21-8-10-24-11-9-21/h1-7,14H,8-11H2,(H2,18,20)/t14-/m0/s1. The Labute approximate surface area is 144 Å². The number of hydrogen-bond acceptors (Lipinski definition) is 7. The largest absolute Gasteiger partial charge is 0.442 e. The van der Waals surface area contributed by atoms with Gasteiger partial charge in [-0.3, -0.25) is 4.79 Å². The number of ether oxygens (including phenoxy) is 2. The maximum Gasteiger partial charge on any atom is 0.361 e. The summed E-state index contributed by atoms with van der Waals surface area (Å²) in [5.41, 5.74) is 6.13.